The maximum Gasteiger partial charge on any atom is 0.263 e. The Bertz CT molecular complexity index is 996. The van der Waals surface area contributed by atoms with Crippen LogP contribution < -0.4 is 20.7 Å². The lowest BCUT2D eigenvalue weighted by atomic mass is 10.1. The van der Waals surface area contributed by atoms with E-state index in [4.69, 9.17) is 40.2 Å². The summed E-state index contributed by atoms with van der Waals surface area (Å²) < 4.78 is 5.43. The van der Waals surface area contributed by atoms with Crippen LogP contribution in [0.5, 0.6) is 5.75 Å². The second-order valence-electron chi connectivity index (χ2n) is 5.81. The molecule has 7 nitrogen and oxygen atoms in total. The average Bonchev–Trinajstić information content (AvgIpc) is 2.65. The van der Waals surface area contributed by atoms with Crippen LogP contribution in [0.3, 0.4) is 0 Å². The van der Waals surface area contributed by atoms with Gasteiger partial charge in [-0.25, -0.2) is 0 Å². The van der Waals surface area contributed by atoms with Crippen LogP contribution in [0.4, 0.5) is 5.69 Å². The third kappa shape index (κ3) is 5.32. The summed E-state index contributed by atoms with van der Waals surface area (Å²) in [5.74, 6) is -1.55. The highest BCUT2D eigenvalue weighted by Crippen LogP contribution is 2.35. The molecule has 148 valence electrons. The van der Waals surface area contributed by atoms with Crippen LogP contribution >= 0.6 is 35.4 Å². The Morgan fingerprint density at radius 2 is 1.66 bits per heavy atom. The van der Waals surface area contributed by atoms with Gasteiger partial charge in [0, 0.05) is 5.69 Å². The number of hydrogen-bond donors (Lipinski definition) is 3. The number of hydrogen-bond acceptors (Lipinski definition) is 5. The Hall–Kier alpha value is -2.94. The lowest BCUT2D eigenvalue weighted by molar-refractivity contribution is -0.123. The number of amides is 3. The molecule has 3 rings (SSSR count). The van der Waals surface area contributed by atoms with Gasteiger partial charge in [-0.1, -0.05) is 41.4 Å². The van der Waals surface area contributed by atoms with Gasteiger partial charge in [-0.15, -0.1) is 0 Å². The van der Waals surface area contributed by atoms with Crippen LogP contribution in [-0.2, 0) is 14.4 Å². The lowest BCUT2D eigenvalue weighted by Gasteiger charge is -2.16. The van der Waals surface area contributed by atoms with Crippen LogP contribution in [0.2, 0.25) is 10.0 Å². The van der Waals surface area contributed by atoms with E-state index in [9.17, 15) is 14.4 Å². The van der Waals surface area contributed by atoms with Gasteiger partial charge in [0.25, 0.3) is 17.7 Å². The van der Waals surface area contributed by atoms with E-state index in [2.05, 4.69) is 16.0 Å². The van der Waals surface area contributed by atoms with E-state index in [0.717, 1.165) is 0 Å². The van der Waals surface area contributed by atoms with Gasteiger partial charge < -0.3 is 10.1 Å². The predicted octanol–water partition coefficient (Wildman–Crippen LogP) is 2.93. The Morgan fingerprint density at radius 1 is 1.07 bits per heavy atom. The van der Waals surface area contributed by atoms with Crippen molar-refractivity contribution in [2.75, 3.05) is 11.9 Å². The Labute approximate surface area is 181 Å². The maximum atomic E-state index is 12.0. The molecule has 3 N–H and O–H groups in total. The number of halogens is 2. The van der Waals surface area contributed by atoms with Crippen LogP contribution in [0.25, 0.3) is 6.08 Å². The van der Waals surface area contributed by atoms with Crippen molar-refractivity contribution in [2.45, 2.75) is 0 Å². The molecule has 0 unspecified atom stereocenters. The zero-order chi connectivity index (χ0) is 21.0. The standard InChI is InChI=1S/C19H13Cl2N3O4S/c20-13-7-10(6-12-17(26)23-19(29)24-18(12)27)8-14(21)16(13)28-9-15(25)22-11-4-2-1-3-5-11/h1-8H,9H2,(H,22,25)(H2,23,24,26,27,29). The molecule has 0 spiro atoms. The quantitative estimate of drug-likeness (QED) is 0.370. The molecule has 1 fully saturated rings. The van der Waals surface area contributed by atoms with E-state index in [1.54, 1.807) is 24.3 Å². The summed E-state index contributed by atoms with van der Waals surface area (Å²) in [6, 6.07) is 11.8. The molecule has 0 bridgehead atoms. The van der Waals surface area contributed by atoms with Gasteiger partial charge >= 0.3 is 0 Å². The van der Waals surface area contributed by atoms with Gasteiger partial charge in [0.2, 0.25) is 0 Å². The maximum absolute atomic E-state index is 12.0. The molecule has 10 heteroatoms. The fraction of sp³-hybridized carbons (Fsp3) is 0.0526. The van der Waals surface area contributed by atoms with E-state index in [-0.39, 0.29) is 39.0 Å². The Kier molecular flexibility index (Phi) is 6.48. The molecule has 0 aliphatic carbocycles. The zero-order valence-electron chi connectivity index (χ0n) is 14.6. The first kappa shape index (κ1) is 20.8. The average molecular weight is 450 g/mol. The van der Waals surface area contributed by atoms with Crippen LogP contribution in [-0.4, -0.2) is 29.4 Å². The SMILES string of the molecule is O=C(COc1c(Cl)cc(C=C2C(=O)NC(=S)NC2=O)cc1Cl)Nc1ccccc1. The predicted molar refractivity (Wildman–Crippen MR) is 114 cm³/mol. The minimum absolute atomic E-state index is 0.0641. The molecule has 1 aliphatic heterocycles. The van der Waals surface area contributed by atoms with Crippen molar-refractivity contribution in [3.63, 3.8) is 0 Å². The van der Waals surface area contributed by atoms with E-state index < -0.39 is 11.8 Å². The minimum Gasteiger partial charge on any atom is -0.481 e. The normalized spacial score (nSPS) is 13.4. The number of benzene rings is 2. The van der Waals surface area contributed by atoms with Gasteiger partial charge in [0.1, 0.15) is 5.57 Å². The fourth-order valence-corrected chi connectivity index (χ4v) is 3.23. The largest absolute Gasteiger partial charge is 0.481 e. The van der Waals surface area contributed by atoms with Crippen LogP contribution in [0.15, 0.2) is 48.0 Å². The molecule has 2 aromatic carbocycles. The molecule has 1 saturated heterocycles. The van der Waals surface area contributed by atoms with Gasteiger partial charge in [0.05, 0.1) is 10.0 Å². The highest BCUT2D eigenvalue weighted by Gasteiger charge is 2.26. The summed E-state index contributed by atoms with van der Waals surface area (Å²) in [4.78, 5) is 35.8. The topological polar surface area (TPSA) is 96.5 Å². The number of carbonyl (C=O) groups is 3. The summed E-state index contributed by atoms with van der Waals surface area (Å²) in [6.45, 7) is -0.309. The van der Waals surface area contributed by atoms with Crippen LogP contribution in [0, 0.1) is 0 Å². The molecule has 1 aliphatic rings. The minimum atomic E-state index is -0.635. The smallest absolute Gasteiger partial charge is 0.263 e. The second kappa shape index (κ2) is 9.04. The number of para-hydroxylation sites is 1. The van der Waals surface area contributed by atoms with E-state index in [1.807, 2.05) is 6.07 Å². The number of nitrogens with one attached hydrogen (secondary N) is 3. The summed E-state index contributed by atoms with van der Waals surface area (Å²) in [7, 11) is 0. The number of thiocarbonyl (C=S) groups is 1. The van der Waals surface area contributed by atoms with Crippen molar-refractivity contribution < 1.29 is 19.1 Å². The van der Waals surface area contributed by atoms with Crippen molar-refractivity contribution >= 4 is 70.0 Å². The Morgan fingerprint density at radius 3 is 2.24 bits per heavy atom. The zero-order valence-corrected chi connectivity index (χ0v) is 17.0. The monoisotopic (exact) mass is 449 g/mol. The molecule has 0 radical (unpaired) electrons. The lowest BCUT2D eigenvalue weighted by Crippen LogP contribution is -2.51. The van der Waals surface area contributed by atoms with Crippen molar-refractivity contribution in [1.82, 2.24) is 10.6 Å². The van der Waals surface area contributed by atoms with Crippen molar-refractivity contribution in [3.05, 3.63) is 63.6 Å². The van der Waals surface area contributed by atoms with E-state index in [0.29, 0.717) is 11.3 Å². The third-order valence-electron chi connectivity index (χ3n) is 3.68. The number of carbonyl (C=O) groups excluding carboxylic acids is 3. The first-order valence-corrected chi connectivity index (χ1v) is 9.35. The van der Waals surface area contributed by atoms with Crippen molar-refractivity contribution in [1.29, 1.82) is 0 Å². The van der Waals surface area contributed by atoms with Gasteiger partial charge in [-0.05, 0) is 48.1 Å². The highest BCUT2D eigenvalue weighted by molar-refractivity contribution is 7.80. The Balaban J connectivity index is 1.72. The van der Waals surface area contributed by atoms with Gasteiger partial charge in [-0.2, -0.15) is 0 Å². The first-order chi connectivity index (χ1) is 13.8. The second-order valence-corrected chi connectivity index (χ2v) is 7.03. The number of ether oxygens (including phenoxy) is 1. The van der Waals surface area contributed by atoms with E-state index in [1.165, 1.54) is 18.2 Å². The summed E-state index contributed by atoms with van der Waals surface area (Å²) >= 11 is 17.1. The summed E-state index contributed by atoms with van der Waals surface area (Å²) in [5.41, 5.74) is 0.875. The summed E-state index contributed by atoms with van der Waals surface area (Å²) in [6.07, 6.45) is 1.32. The highest BCUT2D eigenvalue weighted by atomic mass is 35.5. The van der Waals surface area contributed by atoms with Gasteiger partial charge in [-0.3, -0.25) is 25.0 Å². The van der Waals surface area contributed by atoms with Gasteiger partial charge in [0.15, 0.2) is 17.5 Å². The van der Waals surface area contributed by atoms with Crippen molar-refractivity contribution in [3.8, 4) is 5.75 Å². The third-order valence-corrected chi connectivity index (χ3v) is 4.45. The van der Waals surface area contributed by atoms with E-state index >= 15 is 0 Å². The molecule has 0 aromatic heterocycles. The molecular weight excluding hydrogens is 437 g/mol. The van der Waals surface area contributed by atoms with Crippen molar-refractivity contribution in [2.24, 2.45) is 0 Å². The molecule has 2 aromatic rings. The molecule has 29 heavy (non-hydrogen) atoms. The van der Waals surface area contributed by atoms with Crippen LogP contribution in [0.1, 0.15) is 5.56 Å². The molecule has 0 saturated carbocycles. The number of anilines is 1. The molecule has 3 amide bonds. The summed E-state index contributed by atoms with van der Waals surface area (Å²) in [5, 5.41) is 7.50. The molecular formula is C19H13Cl2N3O4S. The molecule has 0 atom stereocenters. The molecule has 1 heterocycles. The first-order valence-electron chi connectivity index (χ1n) is 8.18. The fourth-order valence-electron chi connectivity index (χ4n) is 2.43. The number of rotatable bonds is 5.